The van der Waals surface area contributed by atoms with Gasteiger partial charge in [0, 0.05) is 13.2 Å². The largest absolute Gasteiger partial charge is 0.481 e. The second kappa shape index (κ2) is 5.83. The molecule has 0 saturated carbocycles. The molecule has 0 radical (unpaired) electrons. The standard InChI is InChI=1S/C14H15F3O3/c15-14(16,17)11-3-1-9(2-4-11)12(13(18)19)10-5-7-20-8-6-10/h1-4,10,12H,5-8H2,(H,18,19). The highest BCUT2D eigenvalue weighted by Gasteiger charge is 2.33. The predicted molar refractivity (Wildman–Crippen MR) is 65.4 cm³/mol. The molecule has 0 aromatic heterocycles. The van der Waals surface area contributed by atoms with Gasteiger partial charge in [-0.05, 0) is 36.5 Å². The van der Waals surface area contributed by atoms with Crippen LogP contribution in [0.25, 0.3) is 0 Å². The first-order chi connectivity index (χ1) is 9.39. The molecule has 110 valence electrons. The summed E-state index contributed by atoms with van der Waals surface area (Å²) in [7, 11) is 0. The smallest absolute Gasteiger partial charge is 0.416 e. The first kappa shape index (κ1) is 14.8. The number of aliphatic carboxylic acids is 1. The summed E-state index contributed by atoms with van der Waals surface area (Å²) in [6.45, 7) is 0.990. The fraction of sp³-hybridized carbons (Fsp3) is 0.500. The Kier molecular flexibility index (Phi) is 4.32. The van der Waals surface area contributed by atoms with Crippen molar-refractivity contribution in [1.82, 2.24) is 0 Å². The number of rotatable bonds is 3. The van der Waals surface area contributed by atoms with Gasteiger partial charge in [-0.15, -0.1) is 0 Å². The summed E-state index contributed by atoms with van der Waals surface area (Å²) in [6, 6.07) is 4.39. The maximum Gasteiger partial charge on any atom is 0.416 e. The number of carboxylic acids is 1. The number of halogens is 3. The molecule has 1 aromatic carbocycles. The molecule has 1 saturated heterocycles. The first-order valence-electron chi connectivity index (χ1n) is 6.37. The average molecular weight is 288 g/mol. The quantitative estimate of drug-likeness (QED) is 0.928. The van der Waals surface area contributed by atoms with Crippen LogP contribution in [0.2, 0.25) is 0 Å². The number of benzene rings is 1. The van der Waals surface area contributed by atoms with Crippen molar-refractivity contribution >= 4 is 5.97 Å². The van der Waals surface area contributed by atoms with Crippen molar-refractivity contribution in [2.45, 2.75) is 24.9 Å². The van der Waals surface area contributed by atoms with Gasteiger partial charge in [0.15, 0.2) is 0 Å². The fourth-order valence-corrected chi connectivity index (χ4v) is 2.54. The minimum absolute atomic E-state index is 0.0991. The lowest BCUT2D eigenvalue weighted by molar-refractivity contribution is -0.141. The summed E-state index contributed by atoms with van der Waals surface area (Å²) >= 11 is 0. The molecular formula is C14H15F3O3. The van der Waals surface area contributed by atoms with Crippen LogP contribution in [0, 0.1) is 5.92 Å². The van der Waals surface area contributed by atoms with Gasteiger partial charge in [0.2, 0.25) is 0 Å². The minimum Gasteiger partial charge on any atom is -0.481 e. The third-order valence-electron chi connectivity index (χ3n) is 3.60. The highest BCUT2D eigenvalue weighted by molar-refractivity contribution is 5.76. The van der Waals surface area contributed by atoms with Crippen molar-refractivity contribution in [3.8, 4) is 0 Å². The second-order valence-corrected chi connectivity index (χ2v) is 4.89. The van der Waals surface area contributed by atoms with Crippen molar-refractivity contribution in [3.63, 3.8) is 0 Å². The lowest BCUT2D eigenvalue weighted by Gasteiger charge is -2.28. The van der Waals surface area contributed by atoms with Gasteiger partial charge >= 0.3 is 12.1 Å². The number of carboxylic acid groups (broad SMARTS) is 1. The Balaban J connectivity index is 2.23. The summed E-state index contributed by atoms with van der Waals surface area (Å²) < 4.78 is 42.7. The molecule has 0 amide bonds. The molecule has 0 bridgehead atoms. The van der Waals surface area contributed by atoms with E-state index in [4.69, 9.17) is 4.74 Å². The van der Waals surface area contributed by atoms with Crippen molar-refractivity contribution in [1.29, 1.82) is 0 Å². The lowest BCUT2D eigenvalue weighted by atomic mass is 9.81. The van der Waals surface area contributed by atoms with E-state index in [1.54, 1.807) is 0 Å². The zero-order valence-electron chi connectivity index (χ0n) is 10.7. The normalized spacial score (nSPS) is 18.8. The maximum atomic E-state index is 12.5. The van der Waals surface area contributed by atoms with Gasteiger partial charge in [-0.25, -0.2) is 0 Å². The van der Waals surface area contributed by atoms with E-state index in [1.807, 2.05) is 0 Å². The van der Waals surface area contributed by atoms with Crippen molar-refractivity contribution < 1.29 is 27.8 Å². The SMILES string of the molecule is O=C(O)C(c1ccc(C(F)(F)F)cc1)C1CCOCC1. The van der Waals surface area contributed by atoms with E-state index in [2.05, 4.69) is 0 Å². The second-order valence-electron chi connectivity index (χ2n) is 4.89. The lowest BCUT2D eigenvalue weighted by Crippen LogP contribution is -2.27. The van der Waals surface area contributed by atoms with Crippen LogP contribution in [-0.4, -0.2) is 24.3 Å². The number of alkyl halides is 3. The number of carbonyl (C=O) groups is 1. The van der Waals surface area contributed by atoms with Crippen LogP contribution in [0.3, 0.4) is 0 Å². The third kappa shape index (κ3) is 3.30. The van der Waals surface area contributed by atoms with Crippen molar-refractivity contribution in [2.75, 3.05) is 13.2 Å². The molecule has 2 rings (SSSR count). The fourth-order valence-electron chi connectivity index (χ4n) is 2.54. The number of hydrogen-bond acceptors (Lipinski definition) is 2. The van der Waals surface area contributed by atoms with E-state index < -0.39 is 23.6 Å². The van der Waals surface area contributed by atoms with Crippen molar-refractivity contribution in [2.24, 2.45) is 5.92 Å². The first-order valence-corrected chi connectivity index (χ1v) is 6.37. The predicted octanol–water partition coefficient (Wildman–Crippen LogP) is 3.30. The Bertz CT molecular complexity index is 462. The summed E-state index contributed by atoms with van der Waals surface area (Å²) in [5.74, 6) is -1.88. The van der Waals surface area contributed by atoms with E-state index in [0.29, 0.717) is 31.6 Å². The van der Waals surface area contributed by atoms with E-state index in [1.165, 1.54) is 12.1 Å². The van der Waals surface area contributed by atoms with Gasteiger partial charge in [-0.1, -0.05) is 12.1 Å². The average Bonchev–Trinajstić information content (AvgIpc) is 2.39. The molecule has 1 N–H and O–H groups in total. The van der Waals surface area contributed by atoms with Gasteiger partial charge < -0.3 is 9.84 Å². The molecular weight excluding hydrogens is 273 g/mol. The molecule has 1 aliphatic rings. The summed E-state index contributed by atoms with van der Waals surface area (Å²) in [5, 5.41) is 9.35. The van der Waals surface area contributed by atoms with Gasteiger partial charge in [-0.2, -0.15) is 13.2 Å². The molecule has 1 atom stereocenters. The molecule has 20 heavy (non-hydrogen) atoms. The van der Waals surface area contributed by atoms with E-state index in [0.717, 1.165) is 12.1 Å². The molecule has 1 aliphatic heterocycles. The Morgan fingerprint density at radius 3 is 2.20 bits per heavy atom. The summed E-state index contributed by atoms with van der Waals surface area (Å²) in [4.78, 5) is 11.4. The molecule has 1 aromatic rings. The Labute approximate surface area is 114 Å². The van der Waals surface area contributed by atoms with Crippen LogP contribution in [0.5, 0.6) is 0 Å². The number of ether oxygens (including phenoxy) is 1. The Morgan fingerprint density at radius 2 is 1.75 bits per heavy atom. The topological polar surface area (TPSA) is 46.5 Å². The maximum absolute atomic E-state index is 12.5. The molecule has 6 heteroatoms. The van der Waals surface area contributed by atoms with Crippen LogP contribution in [0.15, 0.2) is 24.3 Å². The summed E-state index contributed by atoms with van der Waals surface area (Å²) in [5.41, 5.74) is -0.352. The third-order valence-corrected chi connectivity index (χ3v) is 3.60. The van der Waals surface area contributed by atoms with Gasteiger partial charge in [0.05, 0.1) is 11.5 Å². The molecule has 1 heterocycles. The van der Waals surface area contributed by atoms with Gasteiger partial charge in [0.25, 0.3) is 0 Å². The highest BCUT2D eigenvalue weighted by Crippen LogP contribution is 2.35. The monoisotopic (exact) mass is 288 g/mol. The summed E-state index contributed by atoms with van der Waals surface area (Å²) in [6.07, 6.45) is -3.19. The molecule has 1 unspecified atom stereocenters. The van der Waals surface area contributed by atoms with Crippen LogP contribution >= 0.6 is 0 Å². The van der Waals surface area contributed by atoms with E-state index in [-0.39, 0.29) is 5.92 Å². The van der Waals surface area contributed by atoms with Crippen molar-refractivity contribution in [3.05, 3.63) is 35.4 Å². The van der Waals surface area contributed by atoms with Gasteiger partial charge in [0.1, 0.15) is 0 Å². The Morgan fingerprint density at radius 1 is 1.20 bits per heavy atom. The molecule has 0 aliphatic carbocycles. The number of hydrogen-bond donors (Lipinski definition) is 1. The van der Waals surface area contributed by atoms with Crippen LogP contribution in [-0.2, 0) is 15.7 Å². The van der Waals surface area contributed by atoms with E-state index in [9.17, 15) is 23.1 Å². The van der Waals surface area contributed by atoms with Crippen LogP contribution in [0.4, 0.5) is 13.2 Å². The van der Waals surface area contributed by atoms with E-state index >= 15 is 0 Å². The zero-order chi connectivity index (χ0) is 14.8. The van der Waals surface area contributed by atoms with Gasteiger partial charge in [-0.3, -0.25) is 4.79 Å². The molecule has 3 nitrogen and oxygen atoms in total. The van der Waals surface area contributed by atoms with Crippen LogP contribution < -0.4 is 0 Å². The zero-order valence-corrected chi connectivity index (χ0v) is 10.7. The molecule has 1 fully saturated rings. The Hall–Kier alpha value is -1.56. The minimum atomic E-state index is -4.41. The highest BCUT2D eigenvalue weighted by atomic mass is 19.4. The molecule has 0 spiro atoms. The van der Waals surface area contributed by atoms with Crippen LogP contribution in [0.1, 0.15) is 29.9 Å².